The molecule has 1 amide bonds. The Labute approximate surface area is 189 Å². The molecule has 0 spiro atoms. The zero-order valence-corrected chi connectivity index (χ0v) is 20.0. The maximum atomic E-state index is 12.0. The van der Waals surface area contributed by atoms with Crippen molar-refractivity contribution in [2.45, 2.75) is 31.8 Å². The van der Waals surface area contributed by atoms with Crippen molar-refractivity contribution < 1.29 is 4.79 Å². The predicted molar refractivity (Wildman–Crippen MR) is 130 cm³/mol. The molecule has 0 aromatic heterocycles. The summed E-state index contributed by atoms with van der Waals surface area (Å²) in [5.74, 6) is 0.678. The summed E-state index contributed by atoms with van der Waals surface area (Å²) in [6.45, 7) is 5.93. The number of rotatable bonds is 7. The van der Waals surface area contributed by atoms with Crippen LogP contribution in [0.2, 0.25) is 0 Å². The molecule has 0 radical (unpaired) electrons. The monoisotopic (exact) mass is 512 g/mol. The smallest absolute Gasteiger partial charge is 0.251 e. The van der Waals surface area contributed by atoms with Crippen LogP contribution < -0.4 is 16.0 Å². The fraction of sp³-hybridized carbons (Fsp3) is 0.333. The highest BCUT2D eigenvalue weighted by Gasteiger charge is 2.06. The highest BCUT2D eigenvalue weighted by Crippen LogP contribution is 2.21. The Morgan fingerprint density at radius 3 is 2.50 bits per heavy atom. The molecule has 7 heteroatoms. The number of guanidine groups is 1. The van der Waals surface area contributed by atoms with Crippen molar-refractivity contribution in [3.8, 4) is 0 Å². The van der Waals surface area contributed by atoms with Crippen molar-refractivity contribution in [3.05, 3.63) is 64.7 Å². The Morgan fingerprint density at radius 2 is 1.82 bits per heavy atom. The third-order valence-electron chi connectivity index (χ3n) is 4.10. The summed E-state index contributed by atoms with van der Waals surface area (Å²) < 4.78 is 0. The number of carbonyl (C=O) groups excluding carboxylic acids is 1. The first-order valence-electron chi connectivity index (χ1n) is 9.02. The second-order valence-electron chi connectivity index (χ2n) is 6.15. The summed E-state index contributed by atoms with van der Waals surface area (Å²) in [6, 6.07) is 14.1. The van der Waals surface area contributed by atoms with Gasteiger partial charge in [0.05, 0.1) is 0 Å². The van der Waals surface area contributed by atoms with Gasteiger partial charge in [-0.3, -0.25) is 9.79 Å². The zero-order valence-electron chi connectivity index (χ0n) is 16.8. The van der Waals surface area contributed by atoms with E-state index in [4.69, 9.17) is 0 Å². The number of thioether (sulfide) groups is 1. The number of aryl methyl sites for hydroxylation is 1. The highest BCUT2D eigenvalue weighted by atomic mass is 127. The van der Waals surface area contributed by atoms with Crippen molar-refractivity contribution in [1.29, 1.82) is 0 Å². The van der Waals surface area contributed by atoms with E-state index in [-0.39, 0.29) is 29.9 Å². The van der Waals surface area contributed by atoms with Crippen LogP contribution in [0.1, 0.15) is 34.0 Å². The van der Waals surface area contributed by atoms with Gasteiger partial charge in [0.25, 0.3) is 5.91 Å². The van der Waals surface area contributed by atoms with Crippen LogP contribution in [0, 0.1) is 6.92 Å². The molecule has 5 nitrogen and oxygen atoms in total. The van der Waals surface area contributed by atoms with Crippen molar-refractivity contribution in [2.75, 3.05) is 19.8 Å². The number of hydrogen-bond donors (Lipinski definition) is 3. The molecule has 2 rings (SSSR count). The summed E-state index contributed by atoms with van der Waals surface area (Å²) in [7, 11) is 1.76. The van der Waals surface area contributed by atoms with Crippen LogP contribution in [-0.4, -0.2) is 31.7 Å². The predicted octanol–water partition coefficient (Wildman–Crippen LogP) is 3.95. The summed E-state index contributed by atoms with van der Waals surface area (Å²) in [6.07, 6.45) is 2.09. The first-order valence-corrected chi connectivity index (χ1v) is 10.2. The van der Waals surface area contributed by atoms with E-state index in [0.29, 0.717) is 25.2 Å². The van der Waals surface area contributed by atoms with Gasteiger partial charge in [-0.15, -0.1) is 35.7 Å². The maximum absolute atomic E-state index is 12.0. The van der Waals surface area contributed by atoms with Crippen LogP contribution >= 0.6 is 35.7 Å². The fourth-order valence-electron chi connectivity index (χ4n) is 2.67. The number of amides is 1. The molecule has 0 saturated heterocycles. The van der Waals surface area contributed by atoms with Crippen molar-refractivity contribution in [3.63, 3.8) is 0 Å². The van der Waals surface area contributed by atoms with Gasteiger partial charge in [-0.1, -0.05) is 24.3 Å². The molecule has 2 aromatic rings. The minimum atomic E-state index is -0.0502. The number of hydrogen-bond acceptors (Lipinski definition) is 3. The number of nitrogens with one attached hydrogen (secondary N) is 3. The Kier molecular flexibility index (Phi) is 11.0. The highest BCUT2D eigenvalue weighted by molar-refractivity contribution is 14.0. The quantitative estimate of drug-likeness (QED) is 0.228. The Bertz CT molecular complexity index is 811. The minimum Gasteiger partial charge on any atom is -0.352 e. The van der Waals surface area contributed by atoms with Crippen molar-refractivity contribution >= 4 is 47.6 Å². The SMILES string of the molecule is CCNC(=O)c1cccc(CNC(=NC)NCc2ccc(C)cc2SC)c1.I. The molecule has 0 unspecified atom stereocenters. The lowest BCUT2D eigenvalue weighted by molar-refractivity contribution is 0.0955. The Morgan fingerprint density at radius 1 is 1.07 bits per heavy atom. The molecule has 152 valence electrons. The average Bonchev–Trinajstić information content (AvgIpc) is 2.69. The largest absolute Gasteiger partial charge is 0.352 e. The number of halogens is 1. The molecule has 28 heavy (non-hydrogen) atoms. The lowest BCUT2D eigenvalue weighted by Gasteiger charge is -2.14. The van der Waals surface area contributed by atoms with Gasteiger partial charge in [0.2, 0.25) is 0 Å². The molecule has 2 aromatic carbocycles. The molecule has 0 fully saturated rings. The van der Waals surface area contributed by atoms with Gasteiger partial charge in [-0.2, -0.15) is 0 Å². The van der Waals surface area contributed by atoms with Crippen LogP contribution in [-0.2, 0) is 13.1 Å². The van der Waals surface area contributed by atoms with Crippen LogP contribution in [0.15, 0.2) is 52.4 Å². The van der Waals surface area contributed by atoms with E-state index in [2.05, 4.69) is 52.3 Å². The molecular formula is C21H29IN4OS. The minimum absolute atomic E-state index is 0. The number of benzene rings is 2. The zero-order chi connectivity index (χ0) is 19.6. The third kappa shape index (κ3) is 7.35. The first-order chi connectivity index (χ1) is 13.1. The number of aliphatic imine (C=N–C) groups is 1. The molecule has 3 N–H and O–H groups in total. The molecule has 0 aliphatic carbocycles. The summed E-state index contributed by atoms with van der Waals surface area (Å²) in [5, 5.41) is 9.48. The number of carbonyl (C=O) groups is 1. The molecule has 0 heterocycles. The Balaban J connectivity index is 0.00000392. The lowest BCUT2D eigenvalue weighted by atomic mass is 10.1. The summed E-state index contributed by atoms with van der Waals surface area (Å²) in [4.78, 5) is 17.5. The average molecular weight is 512 g/mol. The Hall–Kier alpha value is -1.74. The molecule has 0 saturated carbocycles. The van der Waals surface area contributed by atoms with E-state index in [0.717, 1.165) is 11.5 Å². The molecule has 0 aliphatic rings. The molecule has 0 aliphatic heterocycles. The van der Waals surface area contributed by atoms with Gasteiger partial charge in [0.1, 0.15) is 0 Å². The van der Waals surface area contributed by atoms with E-state index in [1.807, 2.05) is 31.2 Å². The second kappa shape index (κ2) is 12.7. The fourth-order valence-corrected chi connectivity index (χ4v) is 3.37. The van der Waals surface area contributed by atoms with Crippen LogP contribution in [0.4, 0.5) is 0 Å². The van der Waals surface area contributed by atoms with Crippen LogP contribution in [0.3, 0.4) is 0 Å². The van der Waals surface area contributed by atoms with Gasteiger partial charge in [0, 0.05) is 37.1 Å². The van der Waals surface area contributed by atoms with Gasteiger partial charge >= 0.3 is 0 Å². The topological polar surface area (TPSA) is 65.5 Å². The second-order valence-corrected chi connectivity index (χ2v) is 7.00. The molecule has 0 atom stereocenters. The van der Waals surface area contributed by atoms with E-state index in [1.54, 1.807) is 18.8 Å². The van der Waals surface area contributed by atoms with E-state index >= 15 is 0 Å². The standard InChI is InChI=1S/C21H28N4OS.HI/c1-5-23-20(26)17-8-6-7-16(12-17)13-24-21(22-3)25-14-18-10-9-15(2)11-19(18)27-4;/h6-12H,5,13-14H2,1-4H3,(H,23,26)(H2,22,24,25);1H. The lowest BCUT2D eigenvalue weighted by Crippen LogP contribution is -2.36. The van der Waals surface area contributed by atoms with E-state index in [1.165, 1.54) is 16.0 Å². The van der Waals surface area contributed by atoms with Gasteiger partial charge in [-0.25, -0.2) is 0 Å². The van der Waals surface area contributed by atoms with E-state index in [9.17, 15) is 4.79 Å². The van der Waals surface area contributed by atoms with Gasteiger partial charge in [0.15, 0.2) is 5.96 Å². The maximum Gasteiger partial charge on any atom is 0.251 e. The van der Waals surface area contributed by atoms with Crippen molar-refractivity contribution in [1.82, 2.24) is 16.0 Å². The van der Waals surface area contributed by atoms with Crippen LogP contribution in [0.5, 0.6) is 0 Å². The molecular weight excluding hydrogens is 483 g/mol. The van der Waals surface area contributed by atoms with Crippen molar-refractivity contribution in [2.24, 2.45) is 4.99 Å². The summed E-state index contributed by atoms with van der Waals surface area (Å²) in [5.41, 5.74) is 4.21. The normalized spacial score (nSPS) is 10.8. The van der Waals surface area contributed by atoms with Gasteiger partial charge < -0.3 is 16.0 Å². The van der Waals surface area contributed by atoms with E-state index < -0.39 is 0 Å². The summed E-state index contributed by atoms with van der Waals surface area (Å²) >= 11 is 1.75. The third-order valence-corrected chi connectivity index (χ3v) is 4.92. The molecule has 0 bridgehead atoms. The van der Waals surface area contributed by atoms with Gasteiger partial charge in [-0.05, 0) is 55.0 Å². The first kappa shape index (κ1) is 24.3. The number of nitrogens with zero attached hydrogens (tertiary/aromatic N) is 1. The van der Waals surface area contributed by atoms with Crippen LogP contribution in [0.25, 0.3) is 0 Å².